The third-order valence-corrected chi connectivity index (χ3v) is 6.44. The molecule has 0 aliphatic carbocycles. The summed E-state index contributed by atoms with van der Waals surface area (Å²) in [5.41, 5.74) is 1.74. The summed E-state index contributed by atoms with van der Waals surface area (Å²) < 4.78 is 32.2. The van der Waals surface area contributed by atoms with Gasteiger partial charge in [-0.15, -0.1) is 0 Å². The predicted octanol–water partition coefficient (Wildman–Crippen LogP) is 2.73. The highest BCUT2D eigenvalue weighted by Crippen LogP contribution is 2.17. The Morgan fingerprint density at radius 1 is 1.00 bits per heavy atom. The van der Waals surface area contributed by atoms with Gasteiger partial charge in [0.15, 0.2) is 0 Å². The van der Waals surface area contributed by atoms with E-state index in [4.69, 9.17) is 4.74 Å². The zero-order valence-corrected chi connectivity index (χ0v) is 18.9. The second-order valence-corrected chi connectivity index (χ2v) is 9.63. The first-order valence-electron chi connectivity index (χ1n) is 9.85. The highest BCUT2D eigenvalue weighted by molar-refractivity contribution is 7.89. The van der Waals surface area contributed by atoms with Crippen LogP contribution < -0.4 is 5.32 Å². The summed E-state index contributed by atoms with van der Waals surface area (Å²) in [7, 11) is 1.83. The lowest BCUT2D eigenvalue weighted by Crippen LogP contribution is -2.35. The molecule has 0 aromatic heterocycles. The average molecular weight is 434 g/mol. The number of alkyl carbamates (subject to hydrolysis) is 1. The molecule has 0 aliphatic heterocycles. The molecular weight excluding hydrogens is 402 g/mol. The summed E-state index contributed by atoms with van der Waals surface area (Å²) in [4.78, 5) is 14.2. The Labute approximate surface area is 179 Å². The van der Waals surface area contributed by atoms with Crippen molar-refractivity contribution in [1.29, 1.82) is 0 Å². The van der Waals surface area contributed by atoms with Crippen molar-refractivity contribution in [2.24, 2.45) is 0 Å². The highest BCUT2D eigenvalue weighted by atomic mass is 32.2. The van der Waals surface area contributed by atoms with Crippen LogP contribution in [-0.4, -0.2) is 64.0 Å². The van der Waals surface area contributed by atoms with E-state index in [1.54, 1.807) is 25.2 Å². The van der Waals surface area contributed by atoms with Crippen molar-refractivity contribution in [2.45, 2.75) is 30.9 Å². The molecule has 1 atom stereocenters. The van der Waals surface area contributed by atoms with Crippen LogP contribution in [0.1, 0.15) is 18.1 Å². The Bertz CT molecular complexity index is 917. The van der Waals surface area contributed by atoms with Gasteiger partial charge in [-0.1, -0.05) is 42.5 Å². The Hall–Kier alpha value is -2.42. The highest BCUT2D eigenvalue weighted by Gasteiger charge is 2.21. The van der Waals surface area contributed by atoms with Gasteiger partial charge in [-0.2, -0.15) is 4.31 Å². The third kappa shape index (κ3) is 7.44. The van der Waals surface area contributed by atoms with Gasteiger partial charge in [-0.05, 0) is 50.7 Å². The zero-order chi connectivity index (χ0) is 22.1. The first kappa shape index (κ1) is 23.9. The topological polar surface area (TPSA) is 79.0 Å². The number of carbonyl (C=O) groups excluding carboxylic acids is 1. The number of hydrogen-bond donors (Lipinski definition) is 1. The predicted molar refractivity (Wildman–Crippen MR) is 118 cm³/mol. The molecular formula is C22H31N3O4S. The quantitative estimate of drug-likeness (QED) is 0.623. The van der Waals surface area contributed by atoms with Gasteiger partial charge in [0.25, 0.3) is 0 Å². The normalized spacial score (nSPS) is 12.7. The van der Waals surface area contributed by atoms with Crippen LogP contribution in [0.4, 0.5) is 4.79 Å². The molecule has 0 saturated heterocycles. The minimum absolute atomic E-state index is 0.201. The maximum Gasteiger partial charge on any atom is 0.407 e. The lowest BCUT2D eigenvalue weighted by Gasteiger charge is -2.20. The number of hydrogen-bond acceptors (Lipinski definition) is 5. The van der Waals surface area contributed by atoms with E-state index in [0.29, 0.717) is 19.5 Å². The molecule has 0 saturated carbocycles. The molecule has 0 bridgehead atoms. The van der Waals surface area contributed by atoms with Gasteiger partial charge < -0.3 is 15.0 Å². The van der Waals surface area contributed by atoms with E-state index in [0.717, 1.165) is 11.1 Å². The summed E-state index contributed by atoms with van der Waals surface area (Å²) >= 11 is 0. The fourth-order valence-corrected chi connectivity index (χ4v) is 4.08. The van der Waals surface area contributed by atoms with E-state index in [1.807, 2.05) is 62.3 Å². The Morgan fingerprint density at radius 2 is 1.67 bits per heavy atom. The van der Waals surface area contributed by atoms with Crippen molar-refractivity contribution in [2.75, 3.05) is 34.2 Å². The van der Waals surface area contributed by atoms with Gasteiger partial charge >= 0.3 is 6.09 Å². The number of ether oxygens (including phenoxy) is 1. The van der Waals surface area contributed by atoms with Crippen LogP contribution >= 0.6 is 0 Å². The molecule has 0 heterocycles. The molecule has 1 N–H and O–H groups in total. The number of benzene rings is 2. The lowest BCUT2D eigenvalue weighted by atomic mass is 10.1. The molecule has 0 unspecified atom stereocenters. The lowest BCUT2D eigenvalue weighted by molar-refractivity contribution is 0.136. The van der Waals surface area contributed by atoms with Crippen LogP contribution in [-0.2, 0) is 27.8 Å². The van der Waals surface area contributed by atoms with E-state index >= 15 is 0 Å². The van der Waals surface area contributed by atoms with Crippen LogP contribution in [0.25, 0.3) is 0 Å². The maximum atomic E-state index is 12.8. The molecule has 8 heteroatoms. The van der Waals surface area contributed by atoms with E-state index in [2.05, 4.69) is 5.32 Å². The number of nitrogens with zero attached hydrogens (tertiary/aromatic N) is 2. The number of rotatable bonds is 10. The maximum absolute atomic E-state index is 12.8. The fraction of sp³-hybridized carbons (Fsp3) is 0.409. The van der Waals surface area contributed by atoms with E-state index in [9.17, 15) is 13.2 Å². The van der Waals surface area contributed by atoms with Crippen molar-refractivity contribution in [3.05, 3.63) is 65.7 Å². The average Bonchev–Trinajstić information content (AvgIpc) is 2.71. The minimum Gasteiger partial charge on any atom is -0.445 e. The third-order valence-electron chi connectivity index (χ3n) is 4.59. The number of amides is 1. The Morgan fingerprint density at radius 3 is 2.33 bits per heavy atom. The number of sulfonamides is 1. The van der Waals surface area contributed by atoms with Crippen LogP contribution in [0.15, 0.2) is 59.5 Å². The van der Waals surface area contributed by atoms with Crippen molar-refractivity contribution in [3.63, 3.8) is 0 Å². The fourth-order valence-electron chi connectivity index (χ4n) is 2.84. The van der Waals surface area contributed by atoms with Gasteiger partial charge in [0.2, 0.25) is 10.0 Å². The molecule has 2 aromatic rings. The van der Waals surface area contributed by atoms with Crippen LogP contribution in [0.5, 0.6) is 0 Å². The largest absolute Gasteiger partial charge is 0.445 e. The molecule has 0 spiro atoms. The monoisotopic (exact) mass is 433 g/mol. The number of likely N-dealkylation sites (N-methyl/N-ethyl adjacent to an activating group) is 2. The summed E-state index contributed by atoms with van der Waals surface area (Å²) in [6.07, 6.45) is -0.0101. The minimum atomic E-state index is -3.56. The van der Waals surface area contributed by atoms with Crippen molar-refractivity contribution in [1.82, 2.24) is 14.5 Å². The zero-order valence-electron chi connectivity index (χ0n) is 18.0. The van der Waals surface area contributed by atoms with Crippen LogP contribution in [0.3, 0.4) is 0 Å². The molecule has 7 nitrogen and oxygen atoms in total. The Kier molecular flexibility index (Phi) is 8.83. The number of nitrogens with one attached hydrogen (secondary N) is 1. The standard InChI is InChI=1S/C22H31N3O4S/c1-18(23-22(26)29-17-19-9-6-5-7-10-19)15-20-11-8-12-21(16-20)30(27,28)25(4)14-13-24(2)3/h5-12,16,18H,13-15,17H2,1-4H3,(H,23,26)/t18-/m0/s1. The van der Waals surface area contributed by atoms with E-state index < -0.39 is 16.1 Å². The smallest absolute Gasteiger partial charge is 0.407 e. The first-order chi connectivity index (χ1) is 14.2. The summed E-state index contributed by atoms with van der Waals surface area (Å²) in [5, 5.41) is 2.79. The first-order valence-corrected chi connectivity index (χ1v) is 11.3. The molecule has 0 aliphatic rings. The van der Waals surface area contributed by atoms with E-state index in [1.165, 1.54) is 4.31 Å². The molecule has 30 heavy (non-hydrogen) atoms. The Balaban J connectivity index is 1.92. The van der Waals surface area contributed by atoms with Gasteiger partial charge in [0.05, 0.1) is 4.90 Å². The summed E-state index contributed by atoms with van der Waals surface area (Å²) in [6, 6.07) is 16.1. The van der Waals surface area contributed by atoms with Crippen LogP contribution in [0.2, 0.25) is 0 Å². The number of carbonyl (C=O) groups is 1. The van der Waals surface area contributed by atoms with Crippen LogP contribution in [0, 0.1) is 0 Å². The second kappa shape index (κ2) is 11.1. The summed E-state index contributed by atoms with van der Waals surface area (Å²) in [5.74, 6) is 0. The van der Waals surface area contributed by atoms with Crippen molar-refractivity contribution >= 4 is 16.1 Å². The van der Waals surface area contributed by atoms with E-state index in [-0.39, 0.29) is 17.5 Å². The van der Waals surface area contributed by atoms with Crippen molar-refractivity contribution in [3.8, 4) is 0 Å². The molecule has 2 aromatic carbocycles. The van der Waals surface area contributed by atoms with Gasteiger partial charge in [0.1, 0.15) is 6.61 Å². The molecule has 164 valence electrons. The van der Waals surface area contributed by atoms with Gasteiger partial charge in [0, 0.05) is 26.2 Å². The second-order valence-electron chi connectivity index (χ2n) is 7.59. The molecule has 1 amide bonds. The van der Waals surface area contributed by atoms with Crippen molar-refractivity contribution < 1.29 is 17.9 Å². The molecule has 2 rings (SSSR count). The molecule has 0 fully saturated rings. The van der Waals surface area contributed by atoms with Gasteiger partial charge in [-0.3, -0.25) is 0 Å². The SMILES string of the molecule is C[C@@H](Cc1cccc(S(=O)(=O)N(C)CCN(C)C)c1)NC(=O)OCc1ccccc1. The molecule has 0 radical (unpaired) electrons. The van der Waals surface area contributed by atoms with Gasteiger partial charge in [-0.25, -0.2) is 13.2 Å². The summed E-state index contributed by atoms with van der Waals surface area (Å²) in [6.45, 7) is 3.10.